The molecule has 9 atom stereocenters. The van der Waals surface area contributed by atoms with Crippen molar-refractivity contribution in [2.24, 2.45) is 45.8 Å². The summed E-state index contributed by atoms with van der Waals surface area (Å²) in [4.78, 5) is 38.4. The Morgan fingerprint density at radius 2 is 1.85 bits per heavy atom. The van der Waals surface area contributed by atoms with Crippen molar-refractivity contribution < 1.29 is 29.0 Å². The van der Waals surface area contributed by atoms with Gasteiger partial charge >= 0.3 is 11.9 Å². The topological polar surface area (TPSA) is 102 Å². The fourth-order valence-electron chi connectivity index (χ4n) is 9.85. The molecule has 7 heteroatoms. The van der Waals surface area contributed by atoms with Crippen LogP contribution in [0.5, 0.6) is 0 Å². The normalized spacial score (nSPS) is 43.0. The SMILES string of the molecule is COC(=O)/C(CCCC(C)C)=C1\[C@@H](OC(C)=O)C[C@@]2(C)[C@H]1C[C@@H](O)[C@H]1[C@@]3(C)CCNC(=O)[C@@H](C)[C@@H]3CC[C@@]12C. The Balaban J connectivity index is 1.83. The van der Waals surface area contributed by atoms with Gasteiger partial charge in [-0.25, -0.2) is 4.79 Å². The van der Waals surface area contributed by atoms with Crippen molar-refractivity contribution in [3.8, 4) is 0 Å². The van der Waals surface area contributed by atoms with Crippen molar-refractivity contribution in [1.82, 2.24) is 5.32 Å². The lowest BCUT2D eigenvalue weighted by atomic mass is 9.37. The fraction of sp³-hybridized carbons (Fsp3) is 0.844. The number of methoxy groups -OCH3 is 1. The molecule has 0 aromatic rings. The van der Waals surface area contributed by atoms with E-state index in [0.717, 1.165) is 37.7 Å². The van der Waals surface area contributed by atoms with Crippen LogP contribution in [0.1, 0.15) is 99.8 Å². The molecule has 4 rings (SSSR count). The number of fused-ring (bicyclic) bond motifs is 5. The van der Waals surface area contributed by atoms with E-state index in [9.17, 15) is 19.5 Å². The van der Waals surface area contributed by atoms with Crippen LogP contribution in [0.2, 0.25) is 0 Å². The Hall–Kier alpha value is -1.89. The van der Waals surface area contributed by atoms with E-state index in [1.165, 1.54) is 14.0 Å². The zero-order valence-electron chi connectivity index (χ0n) is 25.4. The Labute approximate surface area is 234 Å². The van der Waals surface area contributed by atoms with E-state index >= 15 is 0 Å². The minimum atomic E-state index is -0.582. The third-order valence-electron chi connectivity index (χ3n) is 11.8. The third-order valence-corrected chi connectivity index (χ3v) is 11.8. The van der Waals surface area contributed by atoms with Crippen LogP contribution < -0.4 is 5.32 Å². The first-order valence-electron chi connectivity index (χ1n) is 15.2. The number of esters is 2. The van der Waals surface area contributed by atoms with Crippen molar-refractivity contribution in [3.05, 3.63) is 11.1 Å². The molecule has 3 saturated carbocycles. The number of carbonyl (C=O) groups excluding carboxylic acids is 3. The molecule has 39 heavy (non-hydrogen) atoms. The maximum Gasteiger partial charge on any atom is 0.333 e. The Morgan fingerprint density at radius 3 is 2.46 bits per heavy atom. The fourth-order valence-corrected chi connectivity index (χ4v) is 9.85. The van der Waals surface area contributed by atoms with Crippen molar-refractivity contribution in [3.63, 3.8) is 0 Å². The highest BCUT2D eigenvalue weighted by Gasteiger charge is 2.70. The van der Waals surface area contributed by atoms with Crippen molar-refractivity contribution in [1.29, 1.82) is 0 Å². The van der Waals surface area contributed by atoms with Gasteiger partial charge in [0.05, 0.1) is 13.2 Å². The number of amides is 1. The minimum absolute atomic E-state index is 0.00000397. The molecule has 220 valence electrons. The molecule has 4 aliphatic rings. The van der Waals surface area contributed by atoms with E-state index in [4.69, 9.17) is 9.47 Å². The molecule has 7 nitrogen and oxygen atoms in total. The maximum atomic E-state index is 13.3. The molecule has 1 saturated heterocycles. The first kappa shape index (κ1) is 30.1. The summed E-state index contributed by atoms with van der Waals surface area (Å²) < 4.78 is 11.3. The summed E-state index contributed by atoms with van der Waals surface area (Å²) in [5.74, 6) is -0.0561. The van der Waals surface area contributed by atoms with E-state index in [1.54, 1.807) is 0 Å². The predicted octanol–water partition coefficient (Wildman–Crippen LogP) is 5.20. The average molecular weight is 546 g/mol. The molecule has 0 aromatic carbocycles. The monoisotopic (exact) mass is 545 g/mol. The summed E-state index contributed by atoms with van der Waals surface area (Å²) in [7, 11) is 1.41. The van der Waals surface area contributed by atoms with Gasteiger partial charge in [0.1, 0.15) is 6.10 Å². The Bertz CT molecular complexity index is 1020. The van der Waals surface area contributed by atoms with E-state index in [2.05, 4.69) is 39.9 Å². The van der Waals surface area contributed by atoms with Crippen LogP contribution in [-0.2, 0) is 23.9 Å². The van der Waals surface area contributed by atoms with Crippen LogP contribution in [0.3, 0.4) is 0 Å². The zero-order valence-corrected chi connectivity index (χ0v) is 25.4. The van der Waals surface area contributed by atoms with Gasteiger partial charge in [-0.05, 0) is 90.4 Å². The zero-order chi connectivity index (χ0) is 28.9. The molecule has 0 radical (unpaired) electrons. The molecule has 0 bridgehead atoms. The van der Waals surface area contributed by atoms with Crippen LogP contribution in [0.4, 0.5) is 0 Å². The highest BCUT2D eigenvalue weighted by atomic mass is 16.5. The van der Waals surface area contributed by atoms with E-state index in [0.29, 0.717) is 37.3 Å². The van der Waals surface area contributed by atoms with Gasteiger partial charge in [-0.2, -0.15) is 0 Å². The van der Waals surface area contributed by atoms with Gasteiger partial charge < -0.3 is 19.9 Å². The molecule has 1 aliphatic heterocycles. The first-order valence-corrected chi connectivity index (χ1v) is 15.2. The van der Waals surface area contributed by atoms with Gasteiger partial charge in [-0.1, -0.05) is 48.0 Å². The molecule has 4 fully saturated rings. The number of ether oxygens (including phenoxy) is 2. The molecule has 2 N–H and O–H groups in total. The molecule has 1 amide bonds. The predicted molar refractivity (Wildman–Crippen MR) is 149 cm³/mol. The minimum Gasteiger partial charge on any atom is -0.466 e. The molecular weight excluding hydrogens is 494 g/mol. The summed E-state index contributed by atoms with van der Waals surface area (Å²) in [6, 6.07) is 0. The number of carbonyl (C=O) groups is 3. The highest BCUT2D eigenvalue weighted by molar-refractivity contribution is 5.90. The second-order valence-electron chi connectivity index (χ2n) is 14.2. The van der Waals surface area contributed by atoms with Gasteiger partial charge in [-0.15, -0.1) is 0 Å². The van der Waals surface area contributed by atoms with Gasteiger partial charge in [-0.3, -0.25) is 9.59 Å². The largest absolute Gasteiger partial charge is 0.466 e. The number of nitrogens with one attached hydrogen (secondary N) is 1. The second-order valence-corrected chi connectivity index (χ2v) is 14.2. The van der Waals surface area contributed by atoms with Crippen molar-refractivity contribution >= 4 is 17.8 Å². The Kier molecular flexibility index (Phi) is 8.35. The lowest BCUT2D eigenvalue weighted by Crippen LogP contribution is -2.64. The average Bonchev–Trinajstić information content (AvgIpc) is 3.05. The summed E-state index contributed by atoms with van der Waals surface area (Å²) in [6.45, 7) is 15.4. The standard InChI is InChI=1S/C32H51NO6/c1-18(2)10-9-11-21(29(37)38-8)26-23-16-24(35)27-30(5)14-15-33-28(36)19(3)22(30)12-13-31(27,6)32(23,7)17-25(26)39-20(4)34/h18-19,22-25,27,35H,9-17H2,1-8H3,(H,33,36)/b26-21-/t19-,22-,23-,24+,25-,27-,30-,31-,32-/m0/s1. The van der Waals surface area contributed by atoms with Crippen LogP contribution in [0.25, 0.3) is 0 Å². The smallest absolute Gasteiger partial charge is 0.333 e. The van der Waals surface area contributed by atoms with Crippen LogP contribution in [0, 0.1) is 45.8 Å². The van der Waals surface area contributed by atoms with Gasteiger partial charge in [0.25, 0.3) is 0 Å². The molecule has 3 aliphatic carbocycles. The van der Waals surface area contributed by atoms with Gasteiger partial charge in [0.15, 0.2) is 0 Å². The third kappa shape index (κ3) is 4.85. The number of aliphatic hydroxyl groups is 1. The van der Waals surface area contributed by atoms with Gasteiger partial charge in [0.2, 0.25) is 5.91 Å². The number of rotatable bonds is 6. The Morgan fingerprint density at radius 1 is 1.15 bits per heavy atom. The number of hydrogen-bond donors (Lipinski definition) is 2. The summed E-state index contributed by atoms with van der Waals surface area (Å²) in [6.07, 6.45) is 5.12. The molecular formula is C32H51NO6. The molecule has 0 spiro atoms. The number of aliphatic hydroxyl groups excluding tert-OH is 1. The quantitative estimate of drug-likeness (QED) is 0.351. The molecule has 1 heterocycles. The van der Waals surface area contributed by atoms with Crippen LogP contribution in [0.15, 0.2) is 11.1 Å². The summed E-state index contributed by atoms with van der Waals surface area (Å²) >= 11 is 0. The summed E-state index contributed by atoms with van der Waals surface area (Å²) in [5.41, 5.74) is 0.758. The lowest BCUT2D eigenvalue weighted by molar-refractivity contribution is -0.216. The lowest BCUT2D eigenvalue weighted by Gasteiger charge is -2.67. The second kappa shape index (κ2) is 10.8. The van der Waals surface area contributed by atoms with Gasteiger partial charge in [0, 0.05) is 25.0 Å². The van der Waals surface area contributed by atoms with E-state index in [-0.39, 0.29) is 57.8 Å². The van der Waals surface area contributed by atoms with Crippen LogP contribution >= 0.6 is 0 Å². The first-order chi connectivity index (χ1) is 18.2. The number of hydrogen-bond acceptors (Lipinski definition) is 6. The summed E-state index contributed by atoms with van der Waals surface area (Å²) in [5, 5.41) is 15.2. The van der Waals surface area contributed by atoms with Crippen molar-refractivity contribution in [2.45, 2.75) is 112 Å². The molecule has 0 aromatic heterocycles. The van der Waals surface area contributed by atoms with E-state index in [1.807, 2.05) is 6.92 Å². The highest BCUT2D eigenvalue weighted by Crippen LogP contribution is 2.73. The van der Waals surface area contributed by atoms with E-state index < -0.39 is 12.2 Å². The maximum absolute atomic E-state index is 13.3. The molecule has 0 unspecified atom stereocenters. The van der Waals surface area contributed by atoms with Crippen LogP contribution in [-0.4, -0.2) is 48.8 Å². The van der Waals surface area contributed by atoms with Crippen molar-refractivity contribution in [2.75, 3.05) is 13.7 Å².